The van der Waals surface area contributed by atoms with Crippen molar-refractivity contribution in [2.75, 3.05) is 13.7 Å². The van der Waals surface area contributed by atoms with Crippen LogP contribution in [0.5, 0.6) is 5.75 Å². The highest BCUT2D eigenvalue weighted by atomic mass is 35.5. The number of benzene rings is 2. The molecule has 6 nitrogen and oxygen atoms in total. The molecule has 0 spiro atoms. The maximum atomic E-state index is 6.35. The first kappa shape index (κ1) is 24.0. The smallest absolute Gasteiger partial charge is 0.158 e. The van der Waals surface area contributed by atoms with Crippen molar-refractivity contribution in [1.82, 2.24) is 9.55 Å². The molecule has 2 heterocycles. The third-order valence-corrected chi connectivity index (χ3v) is 6.24. The number of hydrogen-bond donors (Lipinski definition) is 0. The zero-order chi connectivity index (χ0) is 23.0. The second-order valence-electron chi connectivity index (χ2n) is 8.02. The number of ether oxygens (including phenoxy) is 4. The number of aromatic nitrogens is 2. The summed E-state index contributed by atoms with van der Waals surface area (Å²) in [6.07, 6.45) is 7.83. The largest absolute Gasteiger partial charge is 0.497 e. The van der Waals surface area contributed by atoms with Crippen LogP contribution >= 0.6 is 23.2 Å². The van der Waals surface area contributed by atoms with Gasteiger partial charge in [-0.05, 0) is 54.7 Å². The van der Waals surface area contributed by atoms with Crippen LogP contribution in [0, 0.1) is 0 Å². The molecule has 8 heteroatoms. The van der Waals surface area contributed by atoms with Crippen LogP contribution in [0.2, 0.25) is 10.0 Å². The highest BCUT2D eigenvalue weighted by Gasteiger charge is 2.25. The van der Waals surface area contributed by atoms with Crippen molar-refractivity contribution in [2.24, 2.45) is 0 Å². The van der Waals surface area contributed by atoms with E-state index in [4.69, 9.17) is 42.1 Å². The second-order valence-corrected chi connectivity index (χ2v) is 8.86. The van der Waals surface area contributed by atoms with E-state index in [-0.39, 0.29) is 18.5 Å². The molecule has 0 bridgehead atoms. The van der Waals surface area contributed by atoms with Crippen molar-refractivity contribution in [3.05, 3.63) is 82.4 Å². The Kier molecular flexibility index (Phi) is 8.64. The molecule has 4 rings (SSSR count). The molecule has 0 radical (unpaired) electrons. The van der Waals surface area contributed by atoms with E-state index in [1.54, 1.807) is 25.7 Å². The monoisotopic (exact) mass is 490 g/mol. The maximum absolute atomic E-state index is 6.35. The van der Waals surface area contributed by atoms with E-state index in [2.05, 4.69) is 4.98 Å². The van der Waals surface area contributed by atoms with E-state index in [0.717, 1.165) is 36.1 Å². The van der Waals surface area contributed by atoms with E-state index < -0.39 is 0 Å². The predicted octanol–water partition coefficient (Wildman–Crippen LogP) is 6.07. The Labute approximate surface area is 204 Å². The van der Waals surface area contributed by atoms with Gasteiger partial charge >= 0.3 is 0 Å². The molecule has 1 aliphatic rings. The molecule has 1 aromatic heterocycles. The molecule has 0 N–H and O–H groups in total. The van der Waals surface area contributed by atoms with Crippen LogP contribution in [0.4, 0.5) is 0 Å². The zero-order valence-corrected chi connectivity index (χ0v) is 20.0. The van der Waals surface area contributed by atoms with Crippen LogP contribution in [0.25, 0.3) is 0 Å². The maximum Gasteiger partial charge on any atom is 0.158 e. The summed E-state index contributed by atoms with van der Waals surface area (Å²) >= 11 is 12.2. The minimum Gasteiger partial charge on any atom is -0.497 e. The summed E-state index contributed by atoms with van der Waals surface area (Å²) in [4.78, 5) is 4.14. The highest BCUT2D eigenvalue weighted by molar-refractivity contribution is 6.35. The zero-order valence-electron chi connectivity index (χ0n) is 18.5. The van der Waals surface area contributed by atoms with Gasteiger partial charge in [-0.25, -0.2) is 4.98 Å². The van der Waals surface area contributed by atoms with Crippen molar-refractivity contribution in [2.45, 2.75) is 50.9 Å². The first-order valence-electron chi connectivity index (χ1n) is 11.0. The summed E-state index contributed by atoms with van der Waals surface area (Å²) in [5.74, 6) is 0.816. The van der Waals surface area contributed by atoms with Crippen LogP contribution in [0.3, 0.4) is 0 Å². The fourth-order valence-electron chi connectivity index (χ4n) is 3.81. The Morgan fingerprint density at radius 3 is 2.73 bits per heavy atom. The van der Waals surface area contributed by atoms with Gasteiger partial charge in [-0.2, -0.15) is 0 Å². The molecule has 1 saturated heterocycles. The van der Waals surface area contributed by atoms with Gasteiger partial charge in [-0.3, -0.25) is 0 Å². The Morgan fingerprint density at radius 1 is 1.15 bits per heavy atom. The van der Waals surface area contributed by atoms with Gasteiger partial charge in [0.25, 0.3) is 0 Å². The third kappa shape index (κ3) is 6.95. The lowest BCUT2D eigenvalue weighted by Crippen LogP contribution is -2.33. The molecule has 0 aliphatic carbocycles. The van der Waals surface area contributed by atoms with Gasteiger partial charge < -0.3 is 23.5 Å². The first-order chi connectivity index (χ1) is 16.1. The van der Waals surface area contributed by atoms with Crippen molar-refractivity contribution >= 4 is 23.2 Å². The molecule has 176 valence electrons. The molecular weight excluding hydrogens is 463 g/mol. The summed E-state index contributed by atoms with van der Waals surface area (Å²) in [6, 6.07) is 13.4. The van der Waals surface area contributed by atoms with Gasteiger partial charge in [0.05, 0.1) is 39.3 Å². The molecule has 1 aliphatic heterocycles. The number of imidazole rings is 1. The highest BCUT2D eigenvalue weighted by Crippen LogP contribution is 2.27. The molecule has 33 heavy (non-hydrogen) atoms. The van der Waals surface area contributed by atoms with Crippen molar-refractivity contribution in [3.63, 3.8) is 0 Å². The summed E-state index contributed by atoms with van der Waals surface area (Å²) < 4.78 is 25.8. The van der Waals surface area contributed by atoms with Crippen LogP contribution in [-0.2, 0) is 27.4 Å². The molecule has 3 atom stereocenters. The summed E-state index contributed by atoms with van der Waals surface area (Å²) in [5.41, 5.74) is 1.97. The van der Waals surface area contributed by atoms with Crippen LogP contribution in [0.1, 0.15) is 36.5 Å². The number of methoxy groups -OCH3 is 1. The molecule has 3 aromatic rings. The number of rotatable bonds is 10. The van der Waals surface area contributed by atoms with Gasteiger partial charge in [0.1, 0.15) is 11.9 Å². The number of nitrogens with zero attached hydrogens (tertiary/aromatic N) is 2. The molecule has 3 unspecified atom stereocenters. The van der Waals surface area contributed by atoms with Crippen LogP contribution in [-0.4, -0.2) is 35.7 Å². The summed E-state index contributed by atoms with van der Waals surface area (Å²) in [5, 5.41) is 1.21. The van der Waals surface area contributed by atoms with E-state index in [0.29, 0.717) is 29.8 Å². The Balaban J connectivity index is 1.33. The van der Waals surface area contributed by atoms with E-state index >= 15 is 0 Å². The van der Waals surface area contributed by atoms with Crippen molar-refractivity contribution in [1.29, 1.82) is 0 Å². The fraction of sp³-hybridized carbons (Fsp3) is 0.400. The van der Waals surface area contributed by atoms with E-state index in [1.165, 1.54) is 0 Å². The molecule has 0 saturated carbocycles. The summed E-state index contributed by atoms with van der Waals surface area (Å²) in [6.45, 7) is 1.52. The minimum absolute atomic E-state index is 0.0343. The minimum atomic E-state index is -0.285. The lowest BCUT2D eigenvalue weighted by molar-refractivity contribution is -0.213. The normalized spacial score (nSPS) is 19.4. The third-order valence-electron chi connectivity index (χ3n) is 5.66. The summed E-state index contributed by atoms with van der Waals surface area (Å²) in [7, 11) is 1.66. The molecule has 2 aromatic carbocycles. The first-order valence-corrected chi connectivity index (χ1v) is 11.8. The quantitative estimate of drug-likeness (QED) is 0.345. The predicted molar refractivity (Wildman–Crippen MR) is 128 cm³/mol. The Morgan fingerprint density at radius 2 is 2.00 bits per heavy atom. The topological polar surface area (TPSA) is 54.7 Å². The van der Waals surface area contributed by atoms with Gasteiger partial charge in [-0.15, -0.1) is 0 Å². The lowest BCUT2D eigenvalue weighted by Gasteiger charge is -2.31. The van der Waals surface area contributed by atoms with E-state index in [9.17, 15) is 0 Å². The Hall–Kier alpha value is -2.09. The van der Waals surface area contributed by atoms with Crippen LogP contribution < -0.4 is 4.74 Å². The van der Waals surface area contributed by atoms with Gasteiger partial charge in [-0.1, -0.05) is 41.4 Å². The second kappa shape index (κ2) is 11.9. The van der Waals surface area contributed by atoms with Crippen LogP contribution in [0.15, 0.2) is 61.2 Å². The van der Waals surface area contributed by atoms with Gasteiger partial charge in [0.15, 0.2) is 6.29 Å². The van der Waals surface area contributed by atoms with Gasteiger partial charge in [0, 0.05) is 22.4 Å². The van der Waals surface area contributed by atoms with Crippen molar-refractivity contribution < 1.29 is 18.9 Å². The fourth-order valence-corrected chi connectivity index (χ4v) is 4.28. The number of hydrogen-bond acceptors (Lipinski definition) is 5. The van der Waals surface area contributed by atoms with Gasteiger partial charge in [0.2, 0.25) is 0 Å². The standard InChI is InChI=1S/C25H28Cl2N2O4/c1-30-21-9-6-18(7-10-21)24(14-29-12-11-28-17-29)31-16-22-3-2-4-25(33-22)32-15-19-5-8-20(26)13-23(19)27/h5-13,17,22,24-25H,2-4,14-16H2,1H3. The lowest BCUT2D eigenvalue weighted by atomic mass is 10.1. The average molecular weight is 491 g/mol. The number of halogens is 2. The van der Waals surface area contributed by atoms with Crippen molar-refractivity contribution in [3.8, 4) is 5.75 Å². The van der Waals surface area contributed by atoms with E-state index in [1.807, 2.05) is 47.2 Å². The SMILES string of the molecule is COc1ccc(C(Cn2ccnc2)OCC2CCCC(OCc3ccc(Cl)cc3Cl)O2)cc1. The molecule has 1 fully saturated rings. The Bertz CT molecular complexity index is 998. The molecule has 0 amide bonds. The average Bonchev–Trinajstić information content (AvgIpc) is 3.35. The molecular formula is C25H28Cl2N2O4.